The summed E-state index contributed by atoms with van der Waals surface area (Å²) in [4.78, 5) is 24.7. The highest BCUT2D eigenvalue weighted by atomic mass is 16.3. The lowest BCUT2D eigenvalue weighted by atomic mass is 10.0. The van der Waals surface area contributed by atoms with Crippen molar-refractivity contribution in [3.8, 4) is 11.5 Å². The molecular weight excluding hydrogens is 344 g/mol. The summed E-state index contributed by atoms with van der Waals surface area (Å²) >= 11 is 0. The molecule has 2 aromatic rings. The Morgan fingerprint density at radius 1 is 0.963 bits per heavy atom. The van der Waals surface area contributed by atoms with E-state index in [-0.39, 0.29) is 35.7 Å². The largest absolute Gasteiger partial charge is 0.504 e. The van der Waals surface area contributed by atoms with Crippen LogP contribution in [0.3, 0.4) is 0 Å². The monoisotopic (exact) mass is 370 g/mol. The Kier molecular flexibility index (Phi) is 7.23. The maximum absolute atomic E-state index is 12.5. The third kappa shape index (κ3) is 6.33. The number of rotatable bonds is 8. The summed E-state index contributed by atoms with van der Waals surface area (Å²) in [6.45, 7) is 4.12. The molecule has 6 heteroatoms. The van der Waals surface area contributed by atoms with E-state index in [2.05, 4.69) is 10.6 Å². The normalized spacial score (nSPS) is 11.8. The Morgan fingerprint density at radius 2 is 1.67 bits per heavy atom. The summed E-state index contributed by atoms with van der Waals surface area (Å²) < 4.78 is 0. The van der Waals surface area contributed by atoms with Crippen LogP contribution in [-0.4, -0.2) is 34.6 Å². The predicted octanol–water partition coefficient (Wildman–Crippen LogP) is 2.14. The highest BCUT2D eigenvalue weighted by Gasteiger charge is 2.23. The minimum atomic E-state index is -0.616. The summed E-state index contributed by atoms with van der Waals surface area (Å²) in [7, 11) is 0. The molecule has 0 saturated carbocycles. The van der Waals surface area contributed by atoms with Crippen molar-refractivity contribution in [2.24, 2.45) is 5.92 Å². The van der Waals surface area contributed by atoms with Crippen molar-refractivity contribution in [1.29, 1.82) is 0 Å². The van der Waals surface area contributed by atoms with Gasteiger partial charge in [-0.25, -0.2) is 0 Å². The molecule has 27 heavy (non-hydrogen) atoms. The van der Waals surface area contributed by atoms with E-state index in [1.807, 2.05) is 44.2 Å². The molecule has 2 amide bonds. The van der Waals surface area contributed by atoms with Gasteiger partial charge in [0.2, 0.25) is 11.8 Å². The van der Waals surface area contributed by atoms with Gasteiger partial charge in [0.05, 0.1) is 6.42 Å². The lowest BCUT2D eigenvalue weighted by molar-refractivity contribution is -0.129. The van der Waals surface area contributed by atoms with Gasteiger partial charge in [-0.05, 0) is 35.6 Å². The van der Waals surface area contributed by atoms with Crippen molar-refractivity contribution < 1.29 is 19.8 Å². The molecule has 0 fully saturated rings. The summed E-state index contributed by atoms with van der Waals surface area (Å²) in [5.41, 5.74) is 1.69. The molecular formula is C21H26N2O4. The highest BCUT2D eigenvalue weighted by Crippen LogP contribution is 2.24. The van der Waals surface area contributed by atoms with E-state index >= 15 is 0 Å². The second-order valence-electron chi connectivity index (χ2n) is 6.82. The molecule has 6 nitrogen and oxygen atoms in total. The topological polar surface area (TPSA) is 98.7 Å². The van der Waals surface area contributed by atoms with Crippen LogP contribution in [0, 0.1) is 5.92 Å². The van der Waals surface area contributed by atoms with Crippen molar-refractivity contribution in [1.82, 2.24) is 10.6 Å². The van der Waals surface area contributed by atoms with Crippen LogP contribution < -0.4 is 10.6 Å². The minimum absolute atomic E-state index is 0.0533. The Labute approximate surface area is 159 Å². The lowest BCUT2D eigenvalue weighted by Gasteiger charge is -2.22. The molecule has 1 unspecified atom stereocenters. The molecule has 0 bridgehead atoms. The fourth-order valence-electron chi connectivity index (χ4n) is 2.71. The van der Waals surface area contributed by atoms with Gasteiger partial charge in [0.25, 0.3) is 0 Å². The lowest BCUT2D eigenvalue weighted by Crippen LogP contribution is -2.50. The van der Waals surface area contributed by atoms with Gasteiger partial charge in [-0.1, -0.05) is 50.2 Å². The number of benzene rings is 2. The van der Waals surface area contributed by atoms with Crippen LogP contribution in [-0.2, 0) is 22.4 Å². The number of phenols is 2. The number of phenolic OH excluding ortho intramolecular Hbond substituents is 2. The van der Waals surface area contributed by atoms with Gasteiger partial charge in [0.1, 0.15) is 6.04 Å². The Bertz CT molecular complexity index is 775. The van der Waals surface area contributed by atoms with E-state index in [0.717, 1.165) is 11.1 Å². The van der Waals surface area contributed by atoms with Crippen molar-refractivity contribution in [3.05, 3.63) is 59.7 Å². The number of nitrogens with one attached hydrogen (secondary N) is 2. The molecule has 0 aliphatic carbocycles. The summed E-state index contributed by atoms with van der Waals surface area (Å²) in [6.07, 6.45) is 0.729. The van der Waals surface area contributed by atoms with Crippen LogP contribution in [0.4, 0.5) is 0 Å². The zero-order valence-electron chi connectivity index (χ0n) is 15.6. The van der Waals surface area contributed by atoms with Crippen LogP contribution in [0.25, 0.3) is 0 Å². The Morgan fingerprint density at radius 3 is 2.30 bits per heavy atom. The molecule has 2 aromatic carbocycles. The van der Waals surface area contributed by atoms with E-state index < -0.39 is 6.04 Å². The number of aromatic hydroxyl groups is 2. The van der Waals surface area contributed by atoms with Gasteiger partial charge < -0.3 is 20.8 Å². The molecule has 0 aliphatic heterocycles. The quantitative estimate of drug-likeness (QED) is 0.535. The number of hydrogen-bond donors (Lipinski definition) is 4. The number of hydrogen-bond acceptors (Lipinski definition) is 4. The minimum Gasteiger partial charge on any atom is -0.504 e. The summed E-state index contributed by atoms with van der Waals surface area (Å²) in [6, 6.07) is 13.3. The second kappa shape index (κ2) is 9.62. The third-order valence-corrected chi connectivity index (χ3v) is 4.23. The second-order valence-corrected chi connectivity index (χ2v) is 6.82. The molecule has 2 rings (SSSR count). The highest BCUT2D eigenvalue weighted by molar-refractivity contribution is 5.88. The van der Waals surface area contributed by atoms with Gasteiger partial charge in [-0.3, -0.25) is 9.59 Å². The zero-order chi connectivity index (χ0) is 19.8. The average Bonchev–Trinajstić information content (AvgIpc) is 2.63. The molecule has 144 valence electrons. The summed E-state index contributed by atoms with van der Waals surface area (Å²) in [5.74, 6) is -0.855. The van der Waals surface area contributed by atoms with E-state index in [1.54, 1.807) is 6.07 Å². The van der Waals surface area contributed by atoms with Crippen molar-refractivity contribution in [2.45, 2.75) is 32.7 Å². The van der Waals surface area contributed by atoms with Gasteiger partial charge in [-0.2, -0.15) is 0 Å². The predicted molar refractivity (Wildman–Crippen MR) is 103 cm³/mol. The van der Waals surface area contributed by atoms with E-state index in [0.29, 0.717) is 13.0 Å². The van der Waals surface area contributed by atoms with Crippen LogP contribution >= 0.6 is 0 Å². The first-order valence-corrected chi connectivity index (χ1v) is 8.98. The van der Waals surface area contributed by atoms with Crippen LogP contribution in [0.15, 0.2) is 48.5 Å². The number of carbonyl (C=O) groups excluding carboxylic acids is 2. The third-order valence-electron chi connectivity index (χ3n) is 4.23. The van der Waals surface area contributed by atoms with Crippen molar-refractivity contribution in [2.75, 3.05) is 6.54 Å². The molecule has 0 spiro atoms. The SMILES string of the molecule is CC(C)C(NC(=O)Cc1ccccc1)C(=O)NCCc1ccc(O)c(O)c1. The molecule has 0 heterocycles. The molecule has 4 N–H and O–H groups in total. The first-order chi connectivity index (χ1) is 12.9. The molecule has 0 radical (unpaired) electrons. The van der Waals surface area contributed by atoms with Crippen molar-refractivity contribution in [3.63, 3.8) is 0 Å². The van der Waals surface area contributed by atoms with Gasteiger partial charge in [-0.15, -0.1) is 0 Å². The van der Waals surface area contributed by atoms with Gasteiger partial charge >= 0.3 is 0 Å². The number of amides is 2. The van der Waals surface area contributed by atoms with Crippen molar-refractivity contribution >= 4 is 11.8 Å². The maximum Gasteiger partial charge on any atom is 0.242 e. The van der Waals surface area contributed by atoms with E-state index in [9.17, 15) is 19.8 Å². The van der Waals surface area contributed by atoms with Crippen LogP contribution in [0.1, 0.15) is 25.0 Å². The maximum atomic E-state index is 12.5. The molecule has 0 aromatic heterocycles. The van der Waals surface area contributed by atoms with Gasteiger partial charge in [0, 0.05) is 6.54 Å². The number of carbonyl (C=O) groups is 2. The molecule has 0 aliphatic rings. The zero-order valence-corrected chi connectivity index (χ0v) is 15.6. The fourth-order valence-corrected chi connectivity index (χ4v) is 2.71. The first kappa shape index (κ1) is 20.3. The Hall–Kier alpha value is -3.02. The smallest absolute Gasteiger partial charge is 0.242 e. The van der Waals surface area contributed by atoms with Crippen LogP contribution in [0.5, 0.6) is 11.5 Å². The van der Waals surface area contributed by atoms with E-state index in [4.69, 9.17) is 0 Å². The Balaban J connectivity index is 1.86. The van der Waals surface area contributed by atoms with E-state index in [1.165, 1.54) is 12.1 Å². The van der Waals surface area contributed by atoms with Gasteiger partial charge in [0.15, 0.2) is 11.5 Å². The molecule has 1 atom stereocenters. The fraction of sp³-hybridized carbons (Fsp3) is 0.333. The summed E-state index contributed by atoms with van der Waals surface area (Å²) in [5, 5.41) is 24.4. The van der Waals surface area contributed by atoms with Crippen LogP contribution in [0.2, 0.25) is 0 Å². The first-order valence-electron chi connectivity index (χ1n) is 8.98. The average molecular weight is 370 g/mol. The molecule has 0 saturated heterocycles. The standard InChI is InChI=1S/C21H26N2O4/c1-14(2)20(23-19(26)13-15-6-4-3-5-7-15)21(27)22-11-10-16-8-9-17(24)18(25)12-16/h3-9,12,14,20,24-25H,10-11,13H2,1-2H3,(H,22,27)(H,23,26).